The molecule has 1 aromatic carbocycles. The van der Waals surface area contributed by atoms with Gasteiger partial charge in [-0.05, 0) is 38.8 Å². The Hall–Kier alpha value is -1.22. The van der Waals surface area contributed by atoms with Crippen LogP contribution in [0.2, 0.25) is 0 Å². The lowest BCUT2D eigenvalue weighted by Gasteiger charge is -2.32. The van der Waals surface area contributed by atoms with E-state index in [9.17, 15) is 5.11 Å². The summed E-state index contributed by atoms with van der Waals surface area (Å²) in [4.78, 5) is 6.90. The SMILES string of the molecule is CCNC(=NCC(C)Oc1cccc(OC)c1)N1CCC(O)CC1.I. The smallest absolute Gasteiger partial charge is 0.194 e. The van der Waals surface area contributed by atoms with Gasteiger partial charge in [0.1, 0.15) is 17.6 Å². The Morgan fingerprint density at radius 2 is 2.04 bits per heavy atom. The lowest BCUT2D eigenvalue weighted by molar-refractivity contribution is 0.107. The van der Waals surface area contributed by atoms with Gasteiger partial charge in [0, 0.05) is 25.7 Å². The number of hydrogen-bond acceptors (Lipinski definition) is 4. The Morgan fingerprint density at radius 3 is 2.68 bits per heavy atom. The van der Waals surface area contributed by atoms with Crippen molar-refractivity contribution in [2.75, 3.05) is 33.3 Å². The zero-order valence-electron chi connectivity index (χ0n) is 15.3. The number of benzene rings is 1. The number of halogens is 1. The highest BCUT2D eigenvalue weighted by atomic mass is 127. The van der Waals surface area contributed by atoms with Gasteiger partial charge in [0.05, 0.1) is 19.8 Å². The summed E-state index contributed by atoms with van der Waals surface area (Å²) in [5.74, 6) is 2.46. The minimum atomic E-state index is -0.181. The molecule has 0 amide bonds. The molecule has 2 N–H and O–H groups in total. The van der Waals surface area contributed by atoms with Crippen LogP contribution in [0.1, 0.15) is 26.7 Å². The van der Waals surface area contributed by atoms with Gasteiger partial charge >= 0.3 is 0 Å². The molecule has 0 radical (unpaired) electrons. The molecule has 0 saturated carbocycles. The maximum atomic E-state index is 9.65. The molecule has 0 aliphatic carbocycles. The molecule has 1 aromatic rings. The van der Waals surface area contributed by atoms with Gasteiger partial charge in [0.25, 0.3) is 0 Å². The number of nitrogens with one attached hydrogen (secondary N) is 1. The summed E-state index contributed by atoms with van der Waals surface area (Å²) in [6, 6.07) is 7.59. The van der Waals surface area contributed by atoms with Crippen molar-refractivity contribution in [1.29, 1.82) is 0 Å². The Labute approximate surface area is 167 Å². The van der Waals surface area contributed by atoms with Crippen molar-refractivity contribution in [3.8, 4) is 11.5 Å². The molecule has 1 fully saturated rings. The van der Waals surface area contributed by atoms with E-state index in [1.54, 1.807) is 7.11 Å². The third-order valence-corrected chi connectivity index (χ3v) is 3.98. The molecular formula is C18H30IN3O3. The Balaban J connectivity index is 0.00000312. The average Bonchev–Trinajstić information content (AvgIpc) is 2.59. The van der Waals surface area contributed by atoms with E-state index in [1.165, 1.54) is 0 Å². The van der Waals surface area contributed by atoms with E-state index in [0.717, 1.165) is 49.9 Å². The molecule has 25 heavy (non-hydrogen) atoms. The third-order valence-electron chi connectivity index (χ3n) is 3.98. The number of methoxy groups -OCH3 is 1. The molecular weight excluding hydrogens is 433 g/mol. The van der Waals surface area contributed by atoms with Crippen LogP contribution in [0.15, 0.2) is 29.3 Å². The number of piperidine rings is 1. The third kappa shape index (κ3) is 7.27. The van der Waals surface area contributed by atoms with Crippen LogP contribution in [0.3, 0.4) is 0 Å². The van der Waals surface area contributed by atoms with Gasteiger partial charge in [-0.3, -0.25) is 0 Å². The zero-order valence-corrected chi connectivity index (χ0v) is 17.6. The van der Waals surface area contributed by atoms with Gasteiger partial charge < -0.3 is 24.8 Å². The van der Waals surface area contributed by atoms with Crippen molar-refractivity contribution in [2.45, 2.75) is 38.9 Å². The van der Waals surface area contributed by atoms with E-state index in [-0.39, 0.29) is 36.2 Å². The predicted molar refractivity (Wildman–Crippen MR) is 111 cm³/mol. The number of guanidine groups is 1. The second-order valence-electron chi connectivity index (χ2n) is 6.02. The fraction of sp³-hybridized carbons (Fsp3) is 0.611. The molecule has 1 saturated heterocycles. The summed E-state index contributed by atoms with van der Waals surface area (Å²) in [6.45, 7) is 7.12. The normalized spacial score (nSPS) is 16.8. The molecule has 0 spiro atoms. The van der Waals surface area contributed by atoms with E-state index in [4.69, 9.17) is 14.5 Å². The van der Waals surface area contributed by atoms with Gasteiger partial charge in [-0.25, -0.2) is 4.99 Å². The van der Waals surface area contributed by atoms with Crippen LogP contribution >= 0.6 is 24.0 Å². The first-order valence-electron chi connectivity index (χ1n) is 8.64. The first kappa shape index (κ1) is 21.8. The number of ether oxygens (including phenoxy) is 2. The van der Waals surface area contributed by atoms with Crippen molar-refractivity contribution >= 4 is 29.9 Å². The standard InChI is InChI=1S/C18H29N3O3.HI/c1-4-19-18(21-10-8-15(22)9-11-21)20-13-14(2)24-17-7-5-6-16(12-17)23-3;/h5-7,12,14-15,22H,4,8-11,13H2,1-3H3,(H,19,20);1H. The highest BCUT2D eigenvalue weighted by Crippen LogP contribution is 2.20. The number of aliphatic hydroxyl groups is 1. The van der Waals surface area contributed by atoms with Crippen LogP contribution in [0, 0.1) is 0 Å². The number of rotatable bonds is 6. The lowest BCUT2D eigenvalue weighted by atomic mass is 10.1. The van der Waals surface area contributed by atoms with E-state index < -0.39 is 0 Å². The number of nitrogens with zero attached hydrogens (tertiary/aromatic N) is 2. The molecule has 1 unspecified atom stereocenters. The fourth-order valence-electron chi connectivity index (χ4n) is 2.66. The summed E-state index contributed by atoms with van der Waals surface area (Å²) < 4.78 is 11.1. The van der Waals surface area contributed by atoms with Crippen molar-refractivity contribution < 1.29 is 14.6 Å². The fourth-order valence-corrected chi connectivity index (χ4v) is 2.66. The molecule has 7 heteroatoms. The van der Waals surface area contributed by atoms with E-state index in [1.807, 2.05) is 31.2 Å². The van der Waals surface area contributed by atoms with Gasteiger partial charge in [0.2, 0.25) is 0 Å². The largest absolute Gasteiger partial charge is 0.497 e. The van der Waals surface area contributed by atoms with Crippen molar-refractivity contribution in [3.05, 3.63) is 24.3 Å². The summed E-state index contributed by atoms with van der Waals surface area (Å²) in [7, 11) is 1.64. The molecule has 2 rings (SSSR count). The molecule has 1 atom stereocenters. The molecule has 1 aliphatic heterocycles. The maximum Gasteiger partial charge on any atom is 0.194 e. The second kappa shape index (κ2) is 11.4. The van der Waals surface area contributed by atoms with Gasteiger partial charge in [-0.15, -0.1) is 24.0 Å². The first-order valence-corrected chi connectivity index (χ1v) is 8.64. The van der Waals surface area contributed by atoms with E-state index in [0.29, 0.717) is 6.54 Å². The van der Waals surface area contributed by atoms with E-state index >= 15 is 0 Å². The molecule has 0 bridgehead atoms. The molecule has 1 aliphatic rings. The highest BCUT2D eigenvalue weighted by molar-refractivity contribution is 14.0. The predicted octanol–water partition coefficient (Wildman–Crippen LogP) is 2.50. The van der Waals surface area contributed by atoms with Crippen molar-refractivity contribution in [1.82, 2.24) is 10.2 Å². The number of hydrogen-bond donors (Lipinski definition) is 2. The van der Waals surface area contributed by atoms with Gasteiger partial charge in [-0.1, -0.05) is 6.07 Å². The van der Waals surface area contributed by atoms with Crippen LogP contribution in [0.5, 0.6) is 11.5 Å². The van der Waals surface area contributed by atoms with Crippen LogP contribution in [-0.4, -0.2) is 61.5 Å². The van der Waals surface area contributed by atoms with Crippen LogP contribution in [0.25, 0.3) is 0 Å². The van der Waals surface area contributed by atoms with Crippen molar-refractivity contribution in [2.24, 2.45) is 4.99 Å². The summed E-state index contributed by atoms with van der Waals surface area (Å²) in [5.41, 5.74) is 0. The number of likely N-dealkylation sites (tertiary alicyclic amines) is 1. The Kier molecular flexibility index (Phi) is 9.96. The lowest BCUT2D eigenvalue weighted by Crippen LogP contribution is -2.47. The van der Waals surface area contributed by atoms with Gasteiger partial charge in [0.15, 0.2) is 5.96 Å². The highest BCUT2D eigenvalue weighted by Gasteiger charge is 2.19. The summed E-state index contributed by atoms with van der Waals surface area (Å²) in [6.07, 6.45) is 1.36. The number of aliphatic hydroxyl groups excluding tert-OH is 1. The quantitative estimate of drug-likeness (QED) is 0.386. The van der Waals surface area contributed by atoms with E-state index in [2.05, 4.69) is 17.1 Å². The average molecular weight is 463 g/mol. The second-order valence-corrected chi connectivity index (χ2v) is 6.02. The zero-order chi connectivity index (χ0) is 17.4. The van der Waals surface area contributed by atoms with Crippen LogP contribution < -0.4 is 14.8 Å². The minimum absolute atomic E-state index is 0. The molecule has 142 valence electrons. The first-order chi connectivity index (χ1) is 11.6. The Bertz CT molecular complexity index is 534. The minimum Gasteiger partial charge on any atom is -0.497 e. The van der Waals surface area contributed by atoms with Gasteiger partial charge in [-0.2, -0.15) is 0 Å². The monoisotopic (exact) mass is 463 g/mol. The van der Waals surface area contributed by atoms with Crippen LogP contribution in [-0.2, 0) is 0 Å². The topological polar surface area (TPSA) is 66.3 Å². The summed E-state index contributed by atoms with van der Waals surface area (Å²) in [5, 5.41) is 13.0. The number of aliphatic imine (C=N–C) groups is 1. The van der Waals surface area contributed by atoms with Crippen LogP contribution in [0.4, 0.5) is 0 Å². The Morgan fingerprint density at radius 1 is 1.36 bits per heavy atom. The molecule has 6 nitrogen and oxygen atoms in total. The summed E-state index contributed by atoms with van der Waals surface area (Å²) >= 11 is 0. The maximum absolute atomic E-state index is 9.65. The molecule has 1 heterocycles. The molecule has 0 aromatic heterocycles. The van der Waals surface area contributed by atoms with Crippen molar-refractivity contribution in [3.63, 3.8) is 0 Å².